The molecule has 2 atom stereocenters. The van der Waals surface area contributed by atoms with Crippen molar-refractivity contribution in [2.75, 3.05) is 36.5 Å². The maximum atomic E-state index is 12.7. The molecule has 1 heterocycles. The first-order valence-corrected chi connectivity index (χ1v) is 11.4. The number of amides is 1. The van der Waals surface area contributed by atoms with Gasteiger partial charge in [0.2, 0.25) is 5.91 Å². The van der Waals surface area contributed by atoms with Crippen LogP contribution in [0, 0.1) is 5.92 Å². The van der Waals surface area contributed by atoms with Gasteiger partial charge in [-0.1, -0.05) is 26.0 Å². The minimum Gasteiger partial charge on any atom is -0.493 e. The average molecular weight is 438 g/mol. The van der Waals surface area contributed by atoms with Gasteiger partial charge in [-0.15, -0.1) is 0 Å². The predicted molar refractivity (Wildman–Crippen MR) is 130 cm³/mol. The Labute approximate surface area is 191 Å². The Morgan fingerprint density at radius 3 is 2.38 bits per heavy atom. The lowest BCUT2D eigenvalue weighted by Crippen LogP contribution is -2.35. The van der Waals surface area contributed by atoms with Crippen molar-refractivity contribution in [3.8, 4) is 5.75 Å². The van der Waals surface area contributed by atoms with Crippen molar-refractivity contribution in [2.24, 2.45) is 5.92 Å². The van der Waals surface area contributed by atoms with Gasteiger partial charge in [-0.05, 0) is 68.1 Å². The standard InChI is InChI=1S/C26H35N3O3/c1-18(2)17-32-25-11-5-21(6-12-25)20(4)26(31)28-22-7-9-24(10-8-22)29-14-13-23(16-29)27-15-19(3)30/h5-12,18,20,23,27H,13-17H2,1-4H3,(H,28,31). The molecule has 0 aliphatic carbocycles. The van der Waals surface area contributed by atoms with Gasteiger partial charge in [0.15, 0.2) is 0 Å². The molecule has 6 heteroatoms. The predicted octanol–water partition coefficient (Wildman–Crippen LogP) is 4.22. The zero-order chi connectivity index (χ0) is 23.1. The number of carbonyl (C=O) groups is 2. The largest absolute Gasteiger partial charge is 0.493 e. The SMILES string of the molecule is CC(=O)CNC1CCN(c2ccc(NC(=O)C(C)c3ccc(OCC(C)C)cc3)cc2)C1. The molecule has 0 bridgehead atoms. The van der Waals surface area contributed by atoms with Crippen molar-refractivity contribution in [2.45, 2.75) is 46.1 Å². The van der Waals surface area contributed by atoms with Crippen molar-refractivity contribution < 1.29 is 14.3 Å². The maximum Gasteiger partial charge on any atom is 0.231 e. The van der Waals surface area contributed by atoms with Crippen molar-refractivity contribution >= 4 is 23.1 Å². The van der Waals surface area contributed by atoms with E-state index < -0.39 is 0 Å². The van der Waals surface area contributed by atoms with Gasteiger partial charge in [0, 0.05) is 30.5 Å². The number of hydrogen-bond donors (Lipinski definition) is 2. The molecule has 1 fully saturated rings. The van der Waals surface area contributed by atoms with Gasteiger partial charge in [0.25, 0.3) is 0 Å². The third kappa shape index (κ3) is 6.82. The number of hydrogen-bond acceptors (Lipinski definition) is 5. The van der Waals surface area contributed by atoms with Crippen LogP contribution in [0.25, 0.3) is 0 Å². The van der Waals surface area contributed by atoms with Gasteiger partial charge in [0.05, 0.1) is 19.1 Å². The molecule has 0 radical (unpaired) electrons. The summed E-state index contributed by atoms with van der Waals surface area (Å²) in [5.41, 5.74) is 2.87. The smallest absolute Gasteiger partial charge is 0.231 e. The van der Waals surface area contributed by atoms with Gasteiger partial charge in [0.1, 0.15) is 11.5 Å². The molecule has 1 amide bonds. The summed E-state index contributed by atoms with van der Waals surface area (Å²) in [6.07, 6.45) is 1.02. The number of benzene rings is 2. The third-order valence-corrected chi connectivity index (χ3v) is 5.68. The molecule has 32 heavy (non-hydrogen) atoms. The van der Waals surface area contributed by atoms with Crippen molar-refractivity contribution in [3.63, 3.8) is 0 Å². The highest BCUT2D eigenvalue weighted by molar-refractivity contribution is 5.95. The normalized spacial score (nSPS) is 16.8. The molecule has 172 valence electrons. The molecule has 1 saturated heterocycles. The van der Waals surface area contributed by atoms with E-state index in [4.69, 9.17) is 4.74 Å². The number of nitrogens with one attached hydrogen (secondary N) is 2. The zero-order valence-corrected chi connectivity index (χ0v) is 19.6. The van der Waals surface area contributed by atoms with E-state index in [1.165, 1.54) is 0 Å². The average Bonchev–Trinajstić information content (AvgIpc) is 3.25. The van der Waals surface area contributed by atoms with E-state index in [0.29, 0.717) is 25.1 Å². The van der Waals surface area contributed by atoms with Crippen LogP contribution in [0.3, 0.4) is 0 Å². The Morgan fingerprint density at radius 2 is 1.75 bits per heavy atom. The summed E-state index contributed by atoms with van der Waals surface area (Å²) < 4.78 is 5.72. The second kappa shape index (κ2) is 11.1. The summed E-state index contributed by atoms with van der Waals surface area (Å²) in [4.78, 5) is 26.2. The Balaban J connectivity index is 1.51. The van der Waals surface area contributed by atoms with Crippen LogP contribution in [0.4, 0.5) is 11.4 Å². The van der Waals surface area contributed by atoms with E-state index >= 15 is 0 Å². The quantitative estimate of drug-likeness (QED) is 0.582. The molecule has 1 aliphatic heterocycles. The fourth-order valence-corrected chi connectivity index (χ4v) is 3.72. The first-order chi connectivity index (χ1) is 15.3. The topological polar surface area (TPSA) is 70.7 Å². The summed E-state index contributed by atoms with van der Waals surface area (Å²) in [6, 6.07) is 16.0. The second-order valence-electron chi connectivity index (χ2n) is 9.05. The summed E-state index contributed by atoms with van der Waals surface area (Å²) in [5.74, 6) is 1.16. The van der Waals surface area contributed by atoms with Crippen molar-refractivity contribution in [1.29, 1.82) is 0 Å². The lowest BCUT2D eigenvalue weighted by Gasteiger charge is -2.20. The molecule has 0 spiro atoms. The van der Waals surface area contributed by atoms with E-state index in [0.717, 1.165) is 42.2 Å². The van der Waals surface area contributed by atoms with E-state index in [1.807, 2.05) is 55.5 Å². The molecule has 2 N–H and O–H groups in total. The molecule has 0 aromatic heterocycles. The highest BCUT2D eigenvalue weighted by Gasteiger charge is 2.22. The Kier molecular flexibility index (Phi) is 8.28. The van der Waals surface area contributed by atoms with Gasteiger partial charge in [-0.2, -0.15) is 0 Å². The highest BCUT2D eigenvalue weighted by atomic mass is 16.5. The maximum absolute atomic E-state index is 12.7. The second-order valence-corrected chi connectivity index (χ2v) is 9.05. The molecule has 6 nitrogen and oxygen atoms in total. The van der Waals surface area contributed by atoms with E-state index in [-0.39, 0.29) is 17.6 Å². The summed E-state index contributed by atoms with van der Waals surface area (Å²) in [6.45, 7) is 10.7. The molecule has 2 aromatic carbocycles. The first-order valence-electron chi connectivity index (χ1n) is 11.4. The van der Waals surface area contributed by atoms with Crippen LogP contribution < -0.4 is 20.3 Å². The molecule has 0 saturated carbocycles. The molecule has 2 aromatic rings. The first kappa shape index (κ1) is 23.8. The van der Waals surface area contributed by atoms with Gasteiger partial charge in [-0.3, -0.25) is 9.59 Å². The van der Waals surface area contributed by atoms with Crippen LogP contribution >= 0.6 is 0 Å². The third-order valence-electron chi connectivity index (χ3n) is 5.68. The number of nitrogens with zero attached hydrogens (tertiary/aromatic N) is 1. The highest BCUT2D eigenvalue weighted by Crippen LogP contribution is 2.24. The van der Waals surface area contributed by atoms with Crippen molar-refractivity contribution in [3.05, 3.63) is 54.1 Å². The van der Waals surface area contributed by atoms with E-state index in [9.17, 15) is 9.59 Å². The number of rotatable bonds is 10. The van der Waals surface area contributed by atoms with Crippen molar-refractivity contribution in [1.82, 2.24) is 5.32 Å². The fourth-order valence-electron chi connectivity index (χ4n) is 3.72. The fraction of sp³-hybridized carbons (Fsp3) is 0.462. The molecule has 1 aliphatic rings. The van der Waals surface area contributed by atoms with Gasteiger partial charge in [-0.25, -0.2) is 0 Å². The Morgan fingerprint density at radius 1 is 1.06 bits per heavy atom. The summed E-state index contributed by atoms with van der Waals surface area (Å²) >= 11 is 0. The summed E-state index contributed by atoms with van der Waals surface area (Å²) in [5, 5.41) is 6.32. The number of anilines is 2. The number of carbonyl (C=O) groups excluding carboxylic acids is 2. The van der Waals surface area contributed by atoms with Crippen LogP contribution in [0.15, 0.2) is 48.5 Å². The number of Topliss-reactive ketones (excluding diaryl/α,β-unsaturated/α-hetero) is 1. The zero-order valence-electron chi connectivity index (χ0n) is 19.6. The van der Waals surface area contributed by atoms with Gasteiger partial charge < -0.3 is 20.3 Å². The molecule has 3 rings (SSSR count). The van der Waals surface area contributed by atoms with Crippen LogP contribution in [0.2, 0.25) is 0 Å². The van der Waals surface area contributed by atoms with E-state index in [2.05, 4.69) is 29.4 Å². The van der Waals surface area contributed by atoms with Crippen LogP contribution in [-0.2, 0) is 9.59 Å². The van der Waals surface area contributed by atoms with E-state index in [1.54, 1.807) is 6.92 Å². The summed E-state index contributed by atoms with van der Waals surface area (Å²) in [7, 11) is 0. The minimum absolute atomic E-state index is 0.0386. The lowest BCUT2D eigenvalue weighted by atomic mass is 10.00. The number of ketones is 1. The molecule has 2 unspecified atom stereocenters. The molecular formula is C26H35N3O3. The van der Waals surface area contributed by atoms with Crippen LogP contribution in [0.5, 0.6) is 5.75 Å². The Bertz CT molecular complexity index is 894. The van der Waals surface area contributed by atoms with Crippen LogP contribution in [0.1, 0.15) is 45.6 Å². The monoisotopic (exact) mass is 437 g/mol. The number of ether oxygens (including phenoxy) is 1. The van der Waals surface area contributed by atoms with Crippen LogP contribution in [-0.4, -0.2) is 44.0 Å². The lowest BCUT2D eigenvalue weighted by molar-refractivity contribution is -0.117. The molecular weight excluding hydrogens is 402 g/mol. The minimum atomic E-state index is -0.263. The Hall–Kier alpha value is -2.86. The van der Waals surface area contributed by atoms with Gasteiger partial charge >= 0.3 is 0 Å².